The van der Waals surface area contributed by atoms with Crippen molar-refractivity contribution in [2.24, 2.45) is 5.92 Å². The van der Waals surface area contributed by atoms with Crippen molar-refractivity contribution >= 4 is 17.5 Å². The van der Waals surface area contributed by atoms with Gasteiger partial charge in [-0.1, -0.05) is 17.7 Å². The van der Waals surface area contributed by atoms with E-state index in [0.29, 0.717) is 30.8 Å². The van der Waals surface area contributed by atoms with Crippen LogP contribution in [0.25, 0.3) is 0 Å². The average molecular weight is 365 g/mol. The van der Waals surface area contributed by atoms with E-state index in [2.05, 4.69) is 5.32 Å². The quantitative estimate of drug-likeness (QED) is 0.905. The van der Waals surface area contributed by atoms with Gasteiger partial charge in [0.15, 0.2) is 0 Å². The average Bonchev–Trinajstić information content (AvgIpc) is 2.69. The van der Waals surface area contributed by atoms with E-state index in [1.165, 1.54) is 12.1 Å². The predicted octanol–water partition coefficient (Wildman–Crippen LogP) is 3.50. The zero-order chi connectivity index (χ0) is 19.4. The first-order valence-corrected chi connectivity index (χ1v) is 8.84. The molecule has 1 heterocycles. The Balaban J connectivity index is 1.67. The van der Waals surface area contributed by atoms with Gasteiger partial charge < -0.3 is 10.2 Å². The van der Waals surface area contributed by atoms with Gasteiger partial charge in [0.1, 0.15) is 11.9 Å². The van der Waals surface area contributed by atoms with Gasteiger partial charge in [0.05, 0.1) is 11.5 Å². The van der Waals surface area contributed by atoms with Crippen LogP contribution in [0.4, 0.5) is 10.1 Å². The number of hydrogen-bond acceptors (Lipinski definition) is 3. The smallest absolute Gasteiger partial charge is 0.253 e. The van der Waals surface area contributed by atoms with Crippen LogP contribution in [0.15, 0.2) is 42.5 Å². The van der Waals surface area contributed by atoms with Crippen molar-refractivity contribution < 1.29 is 14.0 Å². The number of likely N-dealkylation sites (tertiary alicyclic amines) is 1. The summed E-state index contributed by atoms with van der Waals surface area (Å²) in [4.78, 5) is 26.9. The van der Waals surface area contributed by atoms with E-state index in [1.54, 1.807) is 23.1 Å². The maximum absolute atomic E-state index is 13.4. The Morgan fingerprint density at radius 1 is 1.22 bits per heavy atom. The molecule has 0 aromatic heterocycles. The van der Waals surface area contributed by atoms with E-state index in [1.807, 2.05) is 19.1 Å². The van der Waals surface area contributed by atoms with Crippen LogP contribution in [0.2, 0.25) is 0 Å². The summed E-state index contributed by atoms with van der Waals surface area (Å²) in [6, 6.07) is 13.0. The van der Waals surface area contributed by atoms with Crippen LogP contribution in [-0.4, -0.2) is 29.8 Å². The molecule has 2 amide bonds. The molecule has 0 radical (unpaired) electrons. The molecule has 0 saturated carbocycles. The lowest BCUT2D eigenvalue weighted by molar-refractivity contribution is -0.121. The minimum absolute atomic E-state index is 0.0824. The Bertz CT molecular complexity index is 903. The number of carbonyl (C=O) groups excluding carboxylic acids is 2. The van der Waals surface area contributed by atoms with Crippen molar-refractivity contribution in [3.8, 4) is 6.07 Å². The summed E-state index contributed by atoms with van der Waals surface area (Å²) in [5, 5.41) is 11.6. The fraction of sp³-hybridized carbons (Fsp3) is 0.286. The number of rotatable bonds is 3. The molecule has 1 fully saturated rings. The topological polar surface area (TPSA) is 73.2 Å². The zero-order valence-electron chi connectivity index (χ0n) is 15.0. The van der Waals surface area contributed by atoms with Crippen molar-refractivity contribution in [1.29, 1.82) is 5.26 Å². The highest BCUT2D eigenvalue weighted by Crippen LogP contribution is 2.21. The third-order valence-electron chi connectivity index (χ3n) is 4.73. The molecule has 1 aliphatic heterocycles. The fourth-order valence-corrected chi connectivity index (χ4v) is 3.19. The number of aryl methyl sites for hydroxylation is 1. The second-order valence-corrected chi connectivity index (χ2v) is 6.75. The highest BCUT2D eigenvalue weighted by molar-refractivity contribution is 5.96. The van der Waals surface area contributed by atoms with E-state index in [0.717, 1.165) is 18.1 Å². The first kappa shape index (κ1) is 18.6. The molecular formula is C21H20FN3O2. The van der Waals surface area contributed by atoms with Gasteiger partial charge in [-0.25, -0.2) is 4.39 Å². The molecule has 5 nitrogen and oxygen atoms in total. The number of benzene rings is 2. The van der Waals surface area contributed by atoms with Crippen LogP contribution >= 0.6 is 0 Å². The Hall–Kier alpha value is -3.20. The van der Waals surface area contributed by atoms with Gasteiger partial charge in [0.2, 0.25) is 5.91 Å². The van der Waals surface area contributed by atoms with E-state index < -0.39 is 5.82 Å². The number of hydrogen-bond donors (Lipinski definition) is 1. The van der Waals surface area contributed by atoms with Crippen LogP contribution in [0.1, 0.15) is 34.3 Å². The number of amides is 2. The number of anilines is 1. The number of nitriles is 1. The summed E-state index contributed by atoms with van der Waals surface area (Å²) in [5.41, 5.74) is 1.95. The minimum Gasteiger partial charge on any atom is -0.338 e. The summed E-state index contributed by atoms with van der Waals surface area (Å²) in [6.07, 6.45) is 1.42. The van der Waals surface area contributed by atoms with Crippen molar-refractivity contribution in [3.05, 3.63) is 65.0 Å². The van der Waals surface area contributed by atoms with Gasteiger partial charge in [-0.3, -0.25) is 9.59 Å². The SMILES string of the molecule is Cc1ccc(C(=O)N2CCCC(C(=O)Nc3ccc(F)c(C#N)c3)C2)cc1. The summed E-state index contributed by atoms with van der Waals surface area (Å²) in [6.45, 7) is 2.92. The van der Waals surface area contributed by atoms with Crippen LogP contribution in [0, 0.1) is 30.0 Å². The van der Waals surface area contributed by atoms with E-state index in [9.17, 15) is 14.0 Å². The van der Waals surface area contributed by atoms with Gasteiger partial charge >= 0.3 is 0 Å². The van der Waals surface area contributed by atoms with E-state index >= 15 is 0 Å². The Morgan fingerprint density at radius 3 is 2.67 bits per heavy atom. The molecule has 3 rings (SSSR count). The molecule has 2 aromatic rings. The molecule has 138 valence electrons. The largest absolute Gasteiger partial charge is 0.338 e. The minimum atomic E-state index is -0.622. The number of carbonyl (C=O) groups is 2. The van der Waals surface area contributed by atoms with E-state index in [-0.39, 0.29) is 23.3 Å². The number of halogens is 1. The number of nitrogens with zero attached hydrogens (tertiary/aromatic N) is 2. The fourth-order valence-electron chi connectivity index (χ4n) is 3.19. The van der Waals surface area contributed by atoms with Crippen LogP contribution < -0.4 is 5.32 Å². The summed E-state index contributed by atoms with van der Waals surface area (Å²) >= 11 is 0. The first-order valence-electron chi connectivity index (χ1n) is 8.84. The number of piperidine rings is 1. The van der Waals surface area contributed by atoms with Crippen LogP contribution in [0.5, 0.6) is 0 Å². The Kier molecular flexibility index (Phi) is 5.51. The first-order chi connectivity index (χ1) is 13.0. The molecule has 2 aromatic carbocycles. The standard InChI is InChI=1S/C21H20FN3O2/c1-14-4-6-15(7-5-14)21(27)25-10-2-3-16(13-25)20(26)24-18-8-9-19(22)17(11-18)12-23/h4-9,11,16H,2-3,10,13H2,1H3,(H,24,26). The van der Waals surface area contributed by atoms with Crippen LogP contribution in [0.3, 0.4) is 0 Å². The predicted molar refractivity (Wildman–Crippen MR) is 99.6 cm³/mol. The highest BCUT2D eigenvalue weighted by atomic mass is 19.1. The molecule has 6 heteroatoms. The second-order valence-electron chi connectivity index (χ2n) is 6.75. The molecule has 1 aliphatic rings. The van der Waals surface area contributed by atoms with E-state index in [4.69, 9.17) is 5.26 Å². The molecule has 0 spiro atoms. The molecule has 0 aliphatic carbocycles. The molecule has 27 heavy (non-hydrogen) atoms. The monoisotopic (exact) mass is 365 g/mol. The molecular weight excluding hydrogens is 345 g/mol. The molecule has 0 bridgehead atoms. The van der Waals surface area contributed by atoms with Crippen molar-refractivity contribution in [3.63, 3.8) is 0 Å². The van der Waals surface area contributed by atoms with Crippen molar-refractivity contribution in [2.75, 3.05) is 18.4 Å². The maximum atomic E-state index is 13.4. The maximum Gasteiger partial charge on any atom is 0.253 e. The van der Waals surface area contributed by atoms with Gasteiger partial charge in [-0.15, -0.1) is 0 Å². The molecule has 1 saturated heterocycles. The van der Waals surface area contributed by atoms with Gasteiger partial charge in [-0.05, 0) is 50.1 Å². The lowest BCUT2D eigenvalue weighted by Gasteiger charge is -2.32. The van der Waals surface area contributed by atoms with Gasteiger partial charge in [0, 0.05) is 24.3 Å². The highest BCUT2D eigenvalue weighted by Gasteiger charge is 2.29. The zero-order valence-corrected chi connectivity index (χ0v) is 15.0. The third kappa shape index (κ3) is 4.32. The Morgan fingerprint density at radius 2 is 1.96 bits per heavy atom. The molecule has 1 N–H and O–H groups in total. The summed E-state index contributed by atoms with van der Waals surface area (Å²) in [5.74, 6) is -1.28. The normalized spacial score (nSPS) is 16.5. The third-order valence-corrected chi connectivity index (χ3v) is 4.73. The van der Waals surface area contributed by atoms with Crippen molar-refractivity contribution in [2.45, 2.75) is 19.8 Å². The molecule has 1 atom stereocenters. The Labute approximate surface area is 157 Å². The number of nitrogens with one attached hydrogen (secondary N) is 1. The lowest BCUT2D eigenvalue weighted by Crippen LogP contribution is -2.43. The molecule has 1 unspecified atom stereocenters. The summed E-state index contributed by atoms with van der Waals surface area (Å²) < 4.78 is 13.4. The van der Waals surface area contributed by atoms with Gasteiger partial charge in [-0.2, -0.15) is 5.26 Å². The second kappa shape index (κ2) is 8.00. The van der Waals surface area contributed by atoms with Crippen molar-refractivity contribution in [1.82, 2.24) is 4.90 Å². The lowest BCUT2D eigenvalue weighted by atomic mass is 9.96. The van der Waals surface area contributed by atoms with Gasteiger partial charge in [0.25, 0.3) is 5.91 Å². The summed E-state index contributed by atoms with van der Waals surface area (Å²) in [7, 11) is 0. The van der Waals surface area contributed by atoms with Crippen LogP contribution in [-0.2, 0) is 4.79 Å².